The van der Waals surface area contributed by atoms with Crippen LogP contribution in [-0.2, 0) is 19.8 Å². The van der Waals surface area contributed by atoms with Gasteiger partial charge >= 0.3 is 5.97 Å². The van der Waals surface area contributed by atoms with Crippen LogP contribution in [-0.4, -0.2) is 60.3 Å². The van der Waals surface area contributed by atoms with Gasteiger partial charge in [-0.25, -0.2) is 9.93 Å². The first-order chi connectivity index (χ1) is 9.30. The molecular formula is C11H19N3O5S. The number of amides is 1. The van der Waals surface area contributed by atoms with E-state index in [2.05, 4.69) is 0 Å². The van der Waals surface area contributed by atoms with Crippen molar-refractivity contribution >= 4 is 22.1 Å². The Morgan fingerprint density at radius 3 is 2.20 bits per heavy atom. The Morgan fingerprint density at radius 2 is 1.70 bits per heavy atom. The van der Waals surface area contributed by atoms with Gasteiger partial charge in [-0.2, -0.15) is 12.7 Å². The Bertz CT molecular complexity index is 498. The Labute approximate surface area is 117 Å². The fourth-order valence-electron chi connectivity index (χ4n) is 2.88. The van der Waals surface area contributed by atoms with Gasteiger partial charge in [-0.15, -0.1) is 0 Å². The maximum absolute atomic E-state index is 12.3. The molecule has 0 saturated carbocycles. The molecule has 0 radical (unpaired) electrons. The lowest BCUT2D eigenvalue weighted by molar-refractivity contribution is -0.150. The number of carbonyl (C=O) groups is 2. The van der Waals surface area contributed by atoms with Crippen molar-refractivity contribution in [2.45, 2.75) is 31.7 Å². The molecular weight excluding hydrogens is 286 g/mol. The first kappa shape index (κ1) is 15.2. The van der Waals surface area contributed by atoms with Crippen LogP contribution in [0.4, 0.5) is 0 Å². The minimum atomic E-state index is -3.70. The largest absolute Gasteiger partial charge is 0.480 e. The van der Waals surface area contributed by atoms with E-state index >= 15 is 0 Å². The van der Waals surface area contributed by atoms with Gasteiger partial charge in [0, 0.05) is 25.6 Å². The van der Waals surface area contributed by atoms with E-state index in [1.54, 1.807) is 0 Å². The first-order valence-corrected chi connectivity index (χ1v) is 8.12. The fraction of sp³-hybridized carbons (Fsp3) is 0.818. The highest BCUT2D eigenvalue weighted by Crippen LogP contribution is 2.25. The van der Waals surface area contributed by atoms with E-state index in [0.717, 1.165) is 4.31 Å². The quantitative estimate of drug-likeness (QED) is 0.691. The molecule has 2 aliphatic heterocycles. The van der Waals surface area contributed by atoms with Crippen molar-refractivity contribution in [1.82, 2.24) is 9.21 Å². The summed E-state index contributed by atoms with van der Waals surface area (Å²) in [5, 5.41) is 14.1. The topological polar surface area (TPSA) is 121 Å². The standard InChI is InChI=1S/C11H19N3O5S/c12-20(18,19)13-6-3-8(4-7-13)10(15)14-5-1-2-9(14)11(16)17/h8-9H,1-7H2,(H,16,17)(H2,12,18,19)/t9-/m0/s1. The summed E-state index contributed by atoms with van der Waals surface area (Å²) in [4.78, 5) is 24.8. The van der Waals surface area contributed by atoms with Gasteiger partial charge in [0.25, 0.3) is 10.2 Å². The van der Waals surface area contributed by atoms with Crippen LogP contribution in [0.1, 0.15) is 25.7 Å². The average molecular weight is 305 g/mol. The van der Waals surface area contributed by atoms with Gasteiger partial charge in [-0.05, 0) is 25.7 Å². The molecule has 2 rings (SSSR count). The lowest BCUT2D eigenvalue weighted by Crippen LogP contribution is -2.48. The third-order valence-electron chi connectivity index (χ3n) is 3.98. The van der Waals surface area contributed by atoms with Gasteiger partial charge < -0.3 is 10.0 Å². The molecule has 0 spiro atoms. The van der Waals surface area contributed by atoms with Crippen molar-refractivity contribution in [3.63, 3.8) is 0 Å². The molecule has 2 fully saturated rings. The number of rotatable bonds is 3. The van der Waals surface area contributed by atoms with Crippen molar-refractivity contribution in [3.05, 3.63) is 0 Å². The second kappa shape index (κ2) is 5.66. The summed E-state index contributed by atoms with van der Waals surface area (Å²) >= 11 is 0. The lowest BCUT2D eigenvalue weighted by atomic mass is 9.96. The van der Waals surface area contributed by atoms with Crippen LogP contribution in [0.5, 0.6) is 0 Å². The zero-order valence-electron chi connectivity index (χ0n) is 11.1. The van der Waals surface area contributed by atoms with E-state index in [4.69, 9.17) is 10.2 Å². The number of carboxylic acids is 1. The molecule has 20 heavy (non-hydrogen) atoms. The van der Waals surface area contributed by atoms with Crippen LogP contribution < -0.4 is 5.14 Å². The summed E-state index contributed by atoms with van der Waals surface area (Å²) in [7, 11) is -3.70. The molecule has 3 N–H and O–H groups in total. The average Bonchev–Trinajstić information content (AvgIpc) is 2.86. The molecule has 114 valence electrons. The number of carbonyl (C=O) groups excluding carboxylic acids is 1. The number of nitrogens with zero attached hydrogens (tertiary/aromatic N) is 2. The lowest BCUT2D eigenvalue weighted by Gasteiger charge is -2.32. The number of hydrogen-bond acceptors (Lipinski definition) is 4. The van der Waals surface area contributed by atoms with Gasteiger partial charge in [-0.1, -0.05) is 0 Å². The predicted molar refractivity (Wildman–Crippen MR) is 69.8 cm³/mol. The van der Waals surface area contributed by atoms with Crippen molar-refractivity contribution in [2.75, 3.05) is 19.6 Å². The van der Waals surface area contributed by atoms with Crippen molar-refractivity contribution in [2.24, 2.45) is 11.1 Å². The maximum Gasteiger partial charge on any atom is 0.326 e. The summed E-state index contributed by atoms with van der Waals surface area (Å²) in [6.45, 7) is 0.882. The van der Waals surface area contributed by atoms with E-state index in [9.17, 15) is 18.0 Å². The molecule has 2 saturated heterocycles. The third kappa shape index (κ3) is 3.10. The molecule has 0 unspecified atom stereocenters. The van der Waals surface area contributed by atoms with Crippen molar-refractivity contribution in [1.29, 1.82) is 0 Å². The van der Waals surface area contributed by atoms with Gasteiger partial charge in [0.1, 0.15) is 6.04 Å². The third-order valence-corrected chi connectivity index (χ3v) is 5.07. The van der Waals surface area contributed by atoms with Gasteiger partial charge in [0.2, 0.25) is 5.91 Å². The first-order valence-electron chi connectivity index (χ1n) is 6.62. The highest BCUT2D eigenvalue weighted by molar-refractivity contribution is 7.86. The Hall–Kier alpha value is -1.19. The second-order valence-corrected chi connectivity index (χ2v) is 6.79. The molecule has 1 amide bonds. The monoisotopic (exact) mass is 305 g/mol. The minimum Gasteiger partial charge on any atom is -0.480 e. The molecule has 0 aromatic rings. The molecule has 2 aliphatic rings. The van der Waals surface area contributed by atoms with Gasteiger partial charge in [0.05, 0.1) is 0 Å². The van der Waals surface area contributed by atoms with Crippen molar-refractivity contribution < 1.29 is 23.1 Å². The maximum atomic E-state index is 12.3. The highest BCUT2D eigenvalue weighted by atomic mass is 32.2. The Balaban J connectivity index is 1.97. The molecule has 9 heteroatoms. The molecule has 0 aromatic heterocycles. The summed E-state index contributed by atoms with van der Waals surface area (Å²) in [5.74, 6) is -1.46. The normalized spacial score (nSPS) is 25.9. The number of carboxylic acid groups (broad SMARTS) is 1. The van der Waals surface area contributed by atoms with Gasteiger partial charge in [-0.3, -0.25) is 4.79 Å². The van der Waals surface area contributed by atoms with E-state index in [1.165, 1.54) is 4.90 Å². The van der Waals surface area contributed by atoms with E-state index in [0.29, 0.717) is 32.2 Å². The van der Waals surface area contributed by atoms with Crippen molar-refractivity contribution in [3.8, 4) is 0 Å². The molecule has 8 nitrogen and oxygen atoms in total. The van der Waals surface area contributed by atoms with Gasteiger partial charge in [0.15, 0.2) is 0 Å². The summed E-state index contributed by atoms with van der Waals surface area (Å²) < 4.78 is 23.5. The van der Waals surface area contributed by atoms with Crippen LogP contribution in [0.2, 0.25) is 0 Å². The molecule has 1 atom stereocenters. The van der Waals surface area contributed by atoms with Crippen LogP contribution in [0.15, 0.2) is 0 Å². The molecule has 0 bridgehead atoms. The smallest absolute Gasteiger partial charge is 0.326 e. The molecule has 0 aliphatic carbocycles. The number of hydrogen-bond donors (Lipinski definition) is 2. The van der Waals surface area contributed by atoms with E-state index in [-0.39, 0.29) is 24.9 Å². The van der Waals surface area contributed by atoms with Crippen LogP contribution in [0, 0.1) is 5.92 Å². The summed E-state index contributed by atoms with van der Waals surface area (Å²) in [6.07, 6.45) is 1.95. The molecule has 2 heterocycles. The fourth-order valence-corrected chi connectivity index (χ4v) is 3.60. The molecule has 0 aromatic carbocycles. The zero-order chi connectivity index (χ0) is 14.9. The van der Waals surface area contributed by atoms with E-state index in [1.807, 2.05) is 0 Å². The SMILES string of the molecule is NS(=O)(=O)N1CCC(C(=O)N2CCC[C@H]2C(=O)O)CC1. The summed E-state index contributed by atoms with van der Waals surface area (Å²) in [5.41, 5.74) is 0. The Kier molecular flexibility index (Phi) is 4.31. The van der Waals surface area contributed by atoms with Crippen LogP contribution in [0.3, 0.4) is 0 Å². The minimum absolute atomic E-state index is 0.177. The summed E-state index contributed by atoms with van der Waals surface area (Å²) in [6, 6.07) is -0.737. The van der Waals surface area contributed by atoms with Crippen LogP contribution in [0.25, 0.3) is 0 Å². The number of piperidine rings is 1. The number of aliphatic carboxylic acids is 1. The second-order valence-electron chi connectivity index (χ2n) is 5.25. The zero-order valence-corrected chi connectivity index (χ0v) is 11.9. The number of nitrogens with two attached hydrogens (primary N) is 1. The van der Waals surface area contributed by atoms with E-state index < -0.39 is 22.2 Å². The Morgan fingerprint density at radius 1 is 1.10 bits per heavy atom. The predicted octanol–water partition coefficient (Wildman–Crippen LogP) is -1.02. The highest BCUT2D eigenvalue weighted by Gasteiger charge is 2.38. The van der Waals surface area contributed by atoms with Crippen LogP contribution >= 0.6 is 0 Å². The number of likely N-dealkylation sites (tertiary alicyclic amines) is 1.